The quantitative estimate of drug-likeness (QED) is 0.403. The van der Waals surface area contributed by atoms with Crippen molar-refractivity contribution in [3.8, 4) is 0 Å². The topological polar surface area (TPSA) is 88.4 Å². The van der Waals surface area contributed by atoms with Crippen LogP contribution in [0.15, 0.2) is 23.4 Å². The molecule has 1 aliphatic heterocycles. The van der Waals surface area contributed by atoms with Crippen molar-refractivity contribution in [2.75, 3.05) is 26.2 Å². The van der Waals surface area contributed by atoms with Crippen molar-refractivity contribution in [3.05, 3.63) is 41.1 Å². The number of hydrogen-bond donors (Lipinski definition) is 0. The largest absolute Gasteiger partial charge is 0.295 e. The van der Waals surface area contributed by atoms with Gasteiger partial charge in [0, 0.05) is 58.0 Å². The molecule has 0 unspecified atom stereocenters. The molecule has 0 atom stereocenters. The number of sulfonamides is 1. The number of rotatable bonds is 7. The van der Waals surface area contributed by atoms with Crippen LogP contribution >= 0.6 is 0 Å². The van der Waals surface area contributed by atoms with Gasteiger partial charge in [0.05, 0.1) is 11.8 Å². The smallest absolute Gasteiger partial charge is 0.264 e. The Labute approximate surface area is 207 Å². The lowest BCUT2D eigenvalue weighted by Gasteiger charge is -2.50. The van der Waals surface area contributed by atoms with E-state index >= 15 is 0 Å². The summed E-state index contributed by atoms with van der Waals surface area (Å²) in [6, 6.07) is 1.85. The first-order chi connectivity index (χ1) is 16.8. The number of hydrogen-bond acceptors (Lipinski definition) is 6. The molecule has 0 spiro atoms. The van der Waals surface area contributed by atoms with Crippen molar-refractivity contribution in [1.29, 1.82) is 0 Å². The Bertz CT molecular complexity index is 1230. The van der Waals surface area contributed by atoms with E-state index in [-0.39, 0.29) is 80.9 Å². The number of alkyl halides is 2. The van der Waals surface area contributed by atoms with Crippen molar-refractivity contribution in [2.24, 2.45) is 7.05 Å². The summed E-state index contributed by atoms with van der Waals surface area (Å²) in [5.74, 6) is -4.90. The molecule has 0 radical (unpaired) electrons. The molecule has 0 amide bonds. The van der Waals surface area contributed by atoms with Gasteiger partial charge in [-0.25, -0.2) is 26.0 Å². The van der Waals surface area contributed by atoms with Gasteiger partial charge in [-0.2, -0.15) is 4.31 Å². The summed E-state index contributed by atoms with van der Waals surface area (Å²) in [6.45, 7) is 2.22. The molecule has 1 aliphatic carbocycles. The van der Waals surface area contributed by atoms with Gasteiger partial charge in [0.1, 0.15) is 11.6 Å². The van der Waals surface area contributed by atoms with Gasteiger partial charge in [0.2, 0.25) is 10.9 Å². The van der Waals surface area contributed by atoms with Crippen molar-refractivity contribution in [2.45, 2.75) is 61.9 Å². The molecule has 2 heterocycles. The Morgan fingerprint density at radius 1 is 1.03 bits per heavy atom. The number of carbonyl (C=O) groups excluding carboxylic acids is 1. The zero-order valence-electron chi connectivity index (χ0n) is 20.2. The molecule has 0 N–H and O–H groups in total. The van der Waals surface area contributed by atoms with Crippen LogP contribution < -0.4 is 0 Å². The standard InChI is InChI=1S/C23H29F4N5O3S/c1-16-13-19(25)17(14-18(16)24)20(33)3-4-22(5-7-23(26,27)8-6-22)31-9-11-32(12-10-31)36(34,35)21-15-30(2)29-28-21/h13-15H,3-12H2,1-2H3. The second kappa shape index (κ2) is 9.82. The van der Waals surface area contributed by atoms with Crippen LogP contribution in [0, 0.1) is 18.6 Å². The Balaban J connectivity index is 1.49. The average molecular weight is 532 g/mol. The van der Waals surface area contributed by atoms with Crippen molar-refractivity contribution < 1.29 is 30.8 Å². The molecule has 36 heavy (non-hydrogen) atoms. The van der Waals surface area contributed by atoms with E-state index in [0.29, 0.717) is 0 Å². The van der Waals surface area contributed by atoms with Gasteiger partial charge in [-0.15, -0.1) is 5.10 Å². The molecule has 2 aliphatic rings. The minimum Gasteiger partial charge on any atom is -0.295 e. The van der Waals surface area contributed by atoms with Gasteiger partial charge in [-0.1, -0.05) is 5.21 Å². The van der Waals surface area contributed by atoms with E-state index < -0.39 is 38.9 Å². The van der Waals surface area contributed by atoms with Crippen LogP contribution in [0.2, 0.25) is 0 Å². The second-order valence-corrected chi connectivity index (χ2v) is 11.6. The number of benzene rings is 1. The average Bonchev–Trinajstić information content (AvgIpc) is 3.28. The predicted octanol–water partition coefficient (Wildman–Crippen LogP) is 3.32. The van der Waals surface area contributed by atoms with Crippen LogP contribution in [0.1, 0.15) is 54.4 Å². The normalized spacial score (nSPS) is 20.9. The number of ketones is 1. The molecule has 0 bridgehead atoms. The Hall–Kier alpha value is -2.38. The highest BCUT2D eigenvalue weighted by molar-refractivity contribution is 7.89. The van der Waals surface area contributed by atoms with E-state index in [1.807, 2.05) is 4.90 Å². The third kappa shape index (κ3) is 5.32. The summed E-state index contributed by atoms with van der Waals surface area (Å²) in [7, 11) is -2.29. The fraction of sp³-hybridized carbons (Fsp3) is 0.609. The zero-order chi connectivity index (χ0) is 26.3. The van der Waals surface area contributed by atoms with Crippen LogP contribution in [0.5, 0.6) is 0 Å². The lowest BCUT2D eigenvalue weighted by molar-refractivity contribution is -0.0891. The number of piperazine rings is 1. The fourth-order valence-corrected chi connectivity index (χ4v) is 6.46. The number of Topliss-reactive ketones (excluding diaryl/α,β-unsaturated/α-hetero) is 1. The number of nitrogens with zero attached hydrogens (tertiary/aromatic N) is 5. The first-order valence-electron chi connectivity index (χ1n) is 11.8. The van der Waals surface area contributed by atoms with Crippen LogP contribution in [0.3, 0.4) is 0 Å². The molecule has 13 heteroatoms. The Kier molecular flexibility index (Phi) is 7.28. The highest BCUT2D eigenvalue weighted by Crippen LogP contribution is 2.44. The number of aromatic nitrogens is 3. The van der Waals surface area contributed by atoms with E-state index in [9.17, 15) is 30.8 Å². The van der Waals surface area contributed by atoms with E-state index in [1.54, 1.807) is 7.05 Å². The van der Waals surface area contributed by atoms with Crippen LogP contribution in [-0.2, 0) is 17.1 Å². The minimum absolute atomic E-state index is 0.0874. The molecule has 198 valence electrons. The van der Waals surface area contributed by atoms with E-state index in [4.69, 9.17) is 0 Å². The van der Waals surface area contributed by atoms with Crippen molar-refractivity contribution >= 4 is 15.8 Å². The Morgan fingerprint density at radius 2 is 1.67 bits per heavy atom. The molecule has 2 aromatic rings. The second-order valence-electron chi connectivity index (χ2n) is 9.71. The summed E-state index contributed by atoms with van der Waals surface area (Å²) in [5.41, 5.74) is -1.03. The molecule has 1 aromatic heterocycles. The van der Waals surface area contributed by atoms with Crippen LogP contribution in [0.4, 0.5) is 17.6 Å². The maximum Gasteiger partial charge on any atom is 0.264 e. The highest BCUT2D eigenvalue weighted by Gasteiger charge is 2.47. The minimum atomic E-state index is -3.85. The first kappa shape index (κ1) is 26.7. The van der Waals surface area contributed by atoms with Gasteiger partial charge in [0.25, 0.3) is 10.0 Å². The van der Waals surface area contributed by atoms with Gasteiger partial charge in [0.15, 0.2) is 5.78 Å². The van der Waals surface area contributed by atoms with Crippen molar-refractivity contribution in [1.82, 2.24) is 24.2 Å². The molecule has 8 nitrogen and oxygen atoms in total. The maximum absolute atomic E-state index is 14.3. The summed E-state index contributed by atoms with van der Waals surface area (Å²) < 4.78 is 84.7. The third-order valence-corrected chi connectivity index (χ3v) is 9.13. The van der Waals surface area contributed by atoms with E-state index in [1.165, 1.54) is 22.1 Å². The highest BCUT2D eigenvalue weighted by atomic mass is 32.2. The number of carbonyl (C=O) groups is 1. The van der Waals surface area contributed by atoms with E-state index in [2.05, 4.69) is 10.3 Å². The fourth-order valence-electron chi connectivity index (χ4n) is 5.13. The van der Waals surface area contributed by atoms with Gasteiger partial charge < -0.3 is 0 Å². The van der Waals surface area contributed by atoms with Crippen molar-refractivity contribution in [3.63, 3.8) is 0 Å². The predicted molar refractivity (Wildman–Crippen MR) is 122 cm³/mol. The van der Waals surface area contributed by atoms with Crippen LogP contribution in [-0.4, -0.2) is 76.0 Å². The molecule has 1 saturated heterocycles. The zero-order valence-corrected chi connectivity index (χ0v) is 21.0. The van der Waals surface area contributed by atoms with Gasteiger partial charge >= 0.3 is 0 Å². The van der Waals surface area contributed by atoms with Gasteiger partial charge in [-0.3, -0.25) is 14.4 Å². The van der Waals surface area contributed by atoms with E-state index in [0.717, 1.165) is 12.1 Å². The van der Waals surface area contributed by atoms with Crippen LogP contribution in [0.25, 0.3) is 0 Å². The molecular weight excluding hydrogens is 502 g/mol. The Morgan fingerprint density at radius 3 is 2.25 bits per heavy atom. The first-order valence-corrected chi connectivity index (χ1v) is 13.3. The number of aryl methyl sites for hydroxylation is 2. The summed E-state index contributed by atoms with van der Waals surface area (Å²) in [6.07, 6.45) is 0.894. The summed E-state index contributed by atoms with van der Waals surface area (Å²) in [4.78, 5) is 14.8. The molecule has 2 fully saturated rings. The number of halogens is 4. The lowest BCUT2D eigenvalue weighted by atomic mass is 9.74. The lowest BCUT2D eigenvalue weighted by Crippen LogP contribution is -2.59. The molecular formula is C23H29F4N5O3S. The van der Waals surface area contributed by atoms with Gasteiger partial charge in [-0.05, 0) is 43.9 Å². The molecule has 4 rings (SSSR count). The SMILES string of the molecule is Cc1cc(F)c(C(=O)CCC2(N3CCN(S(=O)(=O)c4cn(C)nn4)CC3)CCC(F)(F)CC2)cc1F. The summed E-state index contributed by atoms with van der Waals surface area (Å²) in [5, 5.41) is 7.20. The monoisotopic (exact) mass is 531 g/mol. The maximum atomic E-state index is 14.3. The molecule has 1 aromatic carbocycles. The third-order valence-electron chi connectivity index (χ3n) is 7.37. The molecule has 1 saturated carbocycles. The summed E-state index contributed by atoms with van der Waals surface area (Å²) >= 11 is 0.